The molecule has 0 spiro atoms. The summed E-state index contributed by atoms with van der Waals surface area (Å²) in [5.41, 5.74) is 3.31. The fourth-order valence-electron chi connectivity index (χ4n) is 1.47. The predicted octanol–water partition coefficient (Wildman–Crippen LogP) is 3.60. The number of rotatable bonds is 2. The van der Waals surface area contributed by atoms with E-state index in [1.807, 2.05) is 30.5 Å². The number of hydrogen-bond acceptors (Lipinski definition) is 3. The number of aliphatic hydroxyl groups is 1. The Morgan fingerprint density at radius 2 is 2.06 bits per heavy atom. The Kier molecular flexibility index (Phi) is 3.42. The van der Waals surface area contributed by atoms with Gasteiger partial charge in [0.25, 0.3) is 0 Å². The summed E-state index contributed by atoms with van der Waals surface area (Å²) in [6.07, 6.45) is -0.629. The second kappa shape index (κ2) is 4.65. The SMILES string of the molecule is Cc1ccc(C(O)c2nc(Br)cs2)cc1C. The van der Waals surface area contributed by atoms with Gasteiger partial charge >= 0.3 is 0 Å². The molecule has 0 saturated carbocycles. The van der Waals surface area contributed by atoms with Gasteiger partial charge in [-0.05, 0) is 46.5 Å². The fraction of sp³-hybridized carbons (Fsp3) is 0.250. The third-order valence-corrected chi connectivity index (χ3v) is 4.18. The topological polar surface area (TPSA) is 33.1 Å². The normalized spacial score (nSPS) is 12.8. The Balaban J connectivity index is 2.33. The van der Waals surface area contributed by atoms with Crippen LogP contribution >= 0.6 is 27.3 Å². The Hall–Kier alpha value is -0.710. The van der Waals surface area contributed by atoms with E-state index in [0.29, 0.717) is 0 Å². The molecule has 0 radical (unpaired) electrons. The van der Waals surface area contributed by atoms with Crippen LogP contribution in [0.3, 0.4) is 0 Å². The molecule has 0 amide bonds. The molecule has 0 fully saturated rings. The first-order valence-corrected chi connectivity index (χ1v) is 6.61. The number of benzene rings is 1. The van der Waals surface area contributed by atoms with Crippen LogP contribution in [0.1, 0.15) is 27.8 Å². The minimum absolute atomic E-state index is 0.629. The maximum absolute atomic E-state index is 10.1. The monoisotopic (exact) mass is 297 g/mol. The number of hydrogen-bond donors (Lipinski definition) is 1. The summed E-state index contributed by atoms with van der Waals surface area (Å²) in [6.45, 7) is 4.11. The molecule has 0 saturated heterocycles. The van der Waals surface area contributed by atoms with Crippen molar-refractivity contribution in [2.75, 3.05) is 0 Å². The van der Waals surface area contributed by atoms with Crippen molar-refractivity contribution in [2.24, 2.45) is 0 Å². The third kappa shape index (κ3) is 2.34. The molecule has 2 aromatic rings. The van der Waals surface area contributed by atoms with Crippen molar-refractivity contribution in [1.82, 2.24) is 4.98 Å². The lowest BCUT2D eigenvalue weighted by atomic mass is 10.0. The minimum atomic E-state index is -0.629. The standard InChI is InChI=1S/C12H12BrNOS/c1-7-3-4-9(5-8(7)2)11(15)12-14-10(13)6-16-12/h3-6,11,15H,1-2H3. The Morgan fingerprint density at radius 3 is 2.62 bits per heavy atom. The van der Waals surface area contributed by atoms with Crippen molar-refractivity contribution >= 4 is 27.3 Å². The summed E-state index contributed by atoms with van der Waals surface area (Å²) < 4.78 is 0.774. The average molecular weight is 298 g/mol. The zero-order valence-corrected chi connectivity index (χ0v) is 11.5. The summed E-state index contributed by atoms with van der Waals surface area (Å²) in [6, 6.07) is 5.98. The quantitative estimate of drug-likeness (QED) is 0.919. The molecule has 16 heavy (non-hydrogen) atoms. The van der Waals surface area contributed by atoms with Gasteiger partial charge < -0.3 is 5.11 Å². The molecule has 1 aromatic carbocycles. The fourth-order valence-corrected chi connectivity index (χ4v) is 2.75. The zero-order valence-electron chi connectivity index (χ0n) is 9.07. The smallest absolute Gasteiger partial charge is 0.131 e. The highest BCUT2D eigenvalue weighted by Crippen LogP contribution is 2.27. The van der Waals surface area contributed by atoms with E-state index in [9.17, 15) is 5.11 Å². The molecule has 1 atom stereocenters. The molecule has 4 heteroatoms. The molecule has 0 bridgehead atoms. The lowest BCUT2D eigenvalue weighted by molar-refractivity contribution is 0.219. The second-order valence-corrected chi connectivity index (χ2v) is 5.46. The van der Waals surface area contributed by atoms with E-state index in [0.717, 1.165) is 15.2 Å². The minimum Gasteiger partial charge on any atom is -0.381 e. The van der Waals surface area contributed by atoms with Crippen molar-refractivity contribution in [3.05, 3.63) is 49.9 Å². The van der Waals surface area contributed by atoms with E-state index >= 15 is 0 Å². The lowest BCUT2D eigenvalue weighted by Gasteiger charge is -2.09. The highest BCUT2D eigenvalue weighted by atomic mass is 79.9. The highest BCUT2D eigenvalue weighted by Gasteiger charge is 2.14. The summed E-state index contributed by atoms with van der Waals surface area (Å²) in [7, 11) is 0. The van der Waals surface area contributed by atoms with Crippen LogP contribution in [0.15, 0.2) is 28.2 Å². The number of halogens is 1. The number of aromatic nitrogens is 1. The maximum atomic E-state index is 10.1. The van der Waals surface area contributed by atoms with E-state index in [2.05, 4.69) is 27.8 Å². The van der Waals surface area contributed by atoms with Crippen molar-refractivity contribution in [2.45, 2.75) is 20.0 Å². The molecule has 0 aliphatic rings. The average Bonchev–Trinajstić information content (AvgIpc) is 2.68. The molecular weight excluding hydrogens is 286 g/mol. The Bertz CT molecular complexity index is 509. The van der Waals surface area contributed by atoms with Crippen molar-refractivity contribution in [1.29, 1.82) is 0 Å². The van der Waals surface area contributed by atoms with Crippen molar-refractivity contribution in [3.63, 3.8) is 0 Å². The zero-order chi connectivity index (χ0) is 11.7. The number of nitrogens with zero attached hydrogens (tertiary/aromatic N) is 1. The summed E-state index contributed by atoms with van der Waals surface area (Å²) >= 11 is 4.74. The predicted molar refractivity (Wildman–Crippen MR) is 69.8 cm³/mol. The van der Waals surface area contributed by atoms with E-state index in [1.165, 1.54) is 22.5 Å². The van der Waals surface area contributed by atoms with Gasteiger partial charge in [-0.25, -0.2) is 4.98 Å². The van der Waals surface area contributed by atoms with Gasteiger partial charge in [0.2, 0.25) is 0 Å². The molecule has 84 valence electrons. The molecule has 0 aliphatic carbocycles. The van der Waals surface area contributed by atoms with Gasteiger partial charge in [-0.15, -0.1) is 11.3 Å². The van der Waals surface area contributed by atoms with Crippen LogP contribution in [0.2, 0.25) is 0 Å². The first-order chi connectivity index (χ1) is 7.58. The number of thiazole rings is 1. The van der Waals surface area contributed by atoms with Gasteiger partial charge in [-0.2, -0.15) is 0 Å². The number of aliphatic hydroxyl groups excluding tert-OH is 1. The van der Waals surface area contributed by atoms with Crippen LogP contribution in [0, 0.1) is 13.8 Å². The van der Waals surface area contributed by atoms with Gasteiger partial charge in [-0.3, -0.25) is 0 Å². The molecule has 0 aliphatic heterocycles. The Morgan fingerprint density at radius 1 is 1.31 bits per heavy atom. The Labute approximate surface area is 107 Å². The third-order valence-electron chi connectivity index (χ3n) is 2.57. The molecule has 1 aromatic heterocycles. The summed E-state index contributed by atoms with van der Waals surface area (Å²) in [5, 5.41) is 12.7. The van der Waals surface area contributed by atoms with Gasteiger partial charge in [0.05, 0.1) is 0 Å². The molecular formula is C12H12BrNOS. The summed E-state index contributed by atoms with van der Waals surface area (Å²) in [5.74, 6) is 0. The van der Waals surface area contributed by atoms with E-state index in [-0.39, 0.29) is 0 Å². The molecule has 1 heterocycles. The van der Waals surface area contributed by atoms with Gasteiger partial charge in [0.15, 0.2) is 0 Å². The second-order valence-electron chi connectivity index (χ2n) is 3.75. The van der Waals surface area contributed by atoms with Crippen molar-refractivity contribution in [3.8, 4) is 0 Å². The van der Waals surface area contributed by atoms with Crippen LogP contribution in [0.4, 0.5) is 0 Å². The van der Waals surface area contributed by atoms with Gasteiger partial charge in [-0.1, -0.05) is 18.2 Å². The van der Waals surface area contributed by atoms with E-state index in [1.54, 1.807) is 0 Å². The first-order valence-electron chi connectivity index (χ1n) is 4.94. The van der Waals surface area contributed by atoms with Crippen LogP contribution in [0.5, 0.6) is 0 Å². The van der Waals surface area contributed by atoms with E-state index in [4.69, 9.17) is 0 Å². The molecule has 2 rings (SSSR count). The van der Waals surface area contributed by atoms with Crippen molar-refractivity contribution < 1.29 is 5.11 Å². The van der Waals surface area contributed by atoms with Gasteiger partial charge in [0.1, 0.15) is 15.7 Å². The number of aryl methyl sites for hydroxylation is 2. The van der Waals surface area contributed by atoms with Crippen LogP contribution in [-0.4, -0.2) is 10.1 Å². The van der Waals surface area contributed by atoms with E-state index < -0.39 is 6.10 Å². The molecule has 1 N–H and O–H groups in total. The lowest BCUT2D eigenvalue weighted by Crippen LogP contribution is -1.99. The summed E-state index contributed by atoms with van der Waals surface area (Å²) in [4.78, 5) is 4.22. The first kappa shape index (κ1) is 11.8. The van der Waals surface area contributed by atoms with Gasteiger partial charge in [0, 0.05) is 5.38 Å². The van der Waals surface area contributed by atoms with Crippen LogP contribution < -0.4 is 0 Å². The molecule has 2 nitrogen and oxygen atoms in total. The largest absolute Gasteiger partial charge is 0.381 e. The van der Waals surface area contributed by atoms with Crippen LogP contribution in [0.25, 0.3) is 0 Å². The highest BCUT2D eigenvalue weighted by molar-refractivity contribution is 9.10. The van der Waals surface area contributed by atoms with Crippen LogP contribution in [-0.2, 0) is 0 Å². The maximum Gasteiger partial charge on any atom is 0.131 e. The molecule has 1 unspecified atom stereocenters.